The zero-order valence-corrected chi connectivity index (χ0v) is 10.8. The van der Waals surface area contributed by atoms with Crippen molar-refractivity contribution in [1.82, 2.24) is 9.80 Å². The van der Waals surface area contributed by atoms with Crippen LogP contribution < -0.4 is 0 Å². The van der Waals surface area contributed by atoms with Crippen LogP contribution in [0.2, 0.25) is 0 Å². The summed E-state index contributed by atoms with van der Waals surface area (Å²) in [6, 6.07) is -0.984. The molecule has 1 unspecified atom stereocenters. The van der Waals surface area contributed by atoms with Gasteiger partial charge in [-0.05, 0) is 25.7 Å². The summed E-state index contributed by atoms with van der Waals surface area (Å²) in [6.45, 7) is 3.14. The monoisotopic (exact) mass is 258 g/mol. The van der Waals surface area contributed by atoms with Gasteiger partial charge in [-0.2, -0.15) is 0 Å². The molecule has 0 aromatic carbocycles. The molecule has 6 heteroatoms. The highest BCUT2D eigenvalue weighted by atomic mass is 16.4. The molecule has 6 nitrogen and oxygen atoms in total. The highest BCUT2D eigenvalue weighted by Crippen LogP contribution is 2.19. The second-order valence-electron chi connectivity index (χ2n) is 4.54. The first-order valence-electron chi connectivity index (χ1n) is 6.51. The summed E-state index contributed by atoms with van der Waals surface area (Å²) in [4.78, 5) is 26.4. The maximum atomic E-state index is 12.3. The molecule has 1 saturated heterocycles. The summed E-state index contributed by atoms with van der Waals surface area (Å²) in [5, 5.41) is 18.1. The van der Waals surface area contributed by atoms with Crippen LogP contribution in [-0.4, -0.2) is 64.3 Å². The standard InChI is InChI=1S/C12H22N2O4/c1-2-6-13(8-9-15)12(18)14-7-4-3-5-10(14)11(16)17/h10,15H,2-9H2,1H3,(H,16,17). The van der Waals surface area contributed by atoms with Gasteiger partial charge in [0.1, 0.15) is 6.04 Å². The zero-order chi connectivity index (χ0) is 13.5. The Morgan fingerprint density at radius 3 is 2.61 bits per heavy atom. The number of rotatable bonds is 5. The Balaban J connectivity index is 2.73. The van der Waals surface area contributed by atoms with E-state index in [0.29, 0.717) is 19.5 Å². The number of aliphatic carboxylic acids is 1. The Bertz CT molecular complexity index is 290. The normalized spacial score (nSPS) is 19.7. The fourth-order valence-corrected chi connectivity index (χ4v) is 2.29. The van der Waals surface area contributed by atoms with E-state index in [1.807, 2.05) is 6.92 Å². The van der Waals surface area contributed by atoms with Gasteiger partial charge in [0.25, 0.3) is 0 Å². The van der Waals surface area contributed by atoms with Crippen molar-refractivity contribution >= 4 is 12.0 Å². The number of carboxylic acid groups (broad SMARTS) is 1. The molecule has 2 amide bonds. The maximum absolute atomic E-state index is 12.3. The number of amides is 2. The smallest absolute Gasteiger partial charge is 0.326 e. The highest BCUT2D eigenvalue weighted by molar-refractivity contribution is 5.83. The van der Waals surface area contributed by atoms with E-state index in [1.165, 1.54) is 9.80 Å². The lowest BCUT2D eigenvalue weighted by atomic mass is 10.0. The van der Waals surface area contributed by atoms with Crippen LogP contribution in [0.3, 0.4) is 0 Å². The summed E-state index contributed by atoms with van der Waals surface area (Å²) in [5.74, 6) is -0.941. The van der Waals surface area contributed by atoms with E-state index in [1.54, 1.807) is 0 Å². The Kier molecular flexibility index (Phi) is 5.91. The van der Waals surface area contributed by atoms with Crippen LogP contribution in [0.4, 0.5) is 4.79 Å². The lowest BCUT2D eigenvalue weighted by Gasteiger charge is -2.36. The molecule has 104 valence electrons. The molecule has 1 rings (SSSR count). The average Bonchev–Trinajstić information content (AvgIpc) is 2.37. The van der Waals surface area contributed by atoms with Gasteiger partial charge < -0.3 is 20.0 Å². The summed E-state index contributed by atoms with van der Waals surface area (Å²) in [5.41, 5.74) is 0. The molecule has 1 atom stereocenters. The van der Waals surface area contributed by atoms with E-state index in [-0.39, 0.29) is 19.2 Å². The van der Waals surface area contributed by atoms with E-state index in [9.17, 15) is 9.59 Å². The number of aliphatic hydroxyl groups excluding tert-OH is 1. The third-order valence-corrected chi connectivity index (χ3v) is 3.17. The predicted octanol–water partition coefficient (Wildman–Crippen LogP) is 0.750. The summed E-state index contributed by atoms with van der Waals surface area (Å²) < 4.78 is 0. The summed E-state index contributed by atoms with van der Waals surface area (Å²) in [7, 11) is 0. The van der Waals surface area contributed by atoms with Crippen molar-refractivity contribution in [2.24, 2.45) is 0 Å². The topological polar surface area (TPSA) is 81.1 Å². The molecular weight excluding hydrogens is 236 g/mol. The number of carboxylic acids is 1. The van der Waals surface area contributed by atoms with E-state index in [0.717, 1.165) is 19.3 Å². The zero-order valence-electron chi connectivity index (χ0n) is 10.8. The van der Waals surface area contributed by atoms with E-state index >= 15 is 0 Å². The van der Waals surface area contributed by atoms with Crippen molar-refractivity contribution in [3.8, 4) is 0 Å². The molecule has 1 aliphatic heterocycles. The molecule has 2 N–H and O–H groups in total. The van der Waals surface area contributed by atoms with Crippen molar-refractivity contribution in [3.05, 3.63) is 0 Å². The first kappa shape index (κ1) is 14.8. The molecule has 1 aliphatic rings. The van der Waals surface area contributed by atoms with Gasteiger partial charge in [-0.25, -0.2) is 9.59 Å². The number of nitrogens with zero attached hydrogens (tertiary/aromatic N) is 2. The Morgan fingerprint density at radius 2 is 2.06 bits per heavy atom. The van der Waals surface area contributed by atoms with Gasteiger partial charge in [0, 0.05) is 19.6 Å². The number of aliphatic hydroxyl groups is 1. The number of hydrogen-bond acceptors (Lipinski definition) is 3. The molecule has 0 aliphatic carbocycles. The highest BCUT2D eigenvalue weighted by Gasteiger charge is 2.33. The number of hydrogen-bond donors (Lipinski definition) is 2. The fraction of sp³-hybridized carbons (Fsp3) is 0.833. The lowest BCUT2D eigenvalue weighted by molar-refractivity contribution is -0.143. The van der Waals surface area contributed by atoms with Crippen LogP contribution >= 0.6 is 0 Å². The van der Waals surface area contributed by atoms with E-state index in [4.69, 9.17) is 10.2 Å². The Morgan fingerprint density at radius 1 is 1.33 bits per heavy atom. The van der Waals surface area contributed by atoms with Crippen LogP contribution in [0.25, 0.3) is 0 Å². The molecule has 0 aromatic rings. The van der Waals surface area contributed by atoms with Crippen LogP contribution in [0.5, 0.6) is 0 Å². The van der Waals surface area contributed by atoms with Crippen LogP contribution in [-0.2, 0) is 4.79 Å². The third-order valence-electron chi connectivity index (χ3n) is 3.17. The number of likely N-dealkylation sites (tertiary alicyclic amines) is 1. The van der Waals surface area contributed by atoms with Gasteiger partial charge in [0.15, 0.2) is 0 Å². The van der Waals surface area contributed by atoms with Gasteiger partial charge in [-0.15, -0.1) is 0 Å². The van der Waals surface area contributed by atoms with Crippen molar-refractivity contribution in [1.29, 1.82) is 0 Å². The molecule has 0 saturated carbocycles. The molecule has 1 fully saturated rings. The molecule has 0 aromatic heterocycles. The van der Waals surface area contributed by atoms with Crippen molar-refractivity contribution in [2.75, 3.05) is 26.2 Å². The van der Waals surface area contributed by atoms with Crippen molar-refractivity contribution < 1.29 is 19.8 Å². The minimum Gasteiger partial charge on any atom is -0.480 e. The number of urea groups is 1. The lowest BCUT2D eigenvalue weighted by Crippen LogP contribution is -2.53. The van der Waals surface area contributed by atoms with Crippen LogP contribution in [0, 0.1) is 0 Å². The SMILES string of the molecule is CCCN(CCO)C(=O)N1CCCCC1C(=O)O. The fourth-order valence-electron chi connectivity index (χ4n) is 2.29. The Labute approximate surface area is 107 Å². The van der Waals surface area contributed by atoms with Crippen molar-refractivity contribution in [3.63, 3.8) is 0 Å². The van der Waals surface area contributed by atoms with E-state index < -0.39 is 12.0 Å². The minimum atomic E-state index is -0.941. The first-order chi connectivity index (χ1) is 8.61. The minimum absolute atomic E-state index is 0.0999. The Hall–Kier alpha value is -1.30. The van der Waals surface area contributed by atoms with Gasteiger partial charge in [-0.3, -0.25) is 0 Å². The van der Waals surface area contributed by atoms with Crippen LogP contribution in [0.1, 0.15) is 32.6 Å². The third kappa shape index (κ3) is 3.60. The molecule has 0 spiro atoms. The average molecular weight is 258 g/mol. The van der Waals surface area contributed by atoms with Crippen LogP contribution in [0.15, 0.2) is 0 Å². The second-order valence-corrected chi connectivity index (χ2v) is 4.54. The first-order valence-corrected chi connectivity index (χ1v) is 6.51. The van der Waals surface area contributed by atoms with Crippen molar-refractivity contribution in [2.45, 2.75) is 38.6 Å². The van der Waals surface area contributed by atoms with Gasteiger partial charge in [0.2, 0.25) is 0 Å². The largest absolute Gasteiger partial charge is 0.480 e. The number of carbonyl (C=O) groups is 2. The number of piperidine rings is 1. The second kappa shape index (κ2) is 7.20. The maximum Gasteiger partial charge on any atom is 0.326 e. The predicted molar refractivity (Wildman–Crippen MR) is 66.3 cm³/mol. The molecular formula is C12H22N2O4. The van der Waals surface area contributed by atoms with Gasteiger partial charge >= 0.3 is 12.0 Å². The summed E-state index contributed by atoms with van der Waals surface area (Å²) >= 11 is 0. The van der Waals surface area contributed by atoms with Gasteiger partial charge in [-0.1, -0.05) is 6.92 Å². The molecule has 0 radical (unpaired) electrons. The number of carbonyl (C=O) groups excluding carboxylic acids is 1. The van der Waals surface area contributed by atoms with Gasteiger partial charge in [0.05, 0.1) is 6.61 Å². The summed E-state index contributed by atoms with van der Waals surface area (Å²) in [6.07, 6.45) is 2.99. The molecule has 0 bridgehead atoms. The quantitative estimate of drug-likeness (QED) is 0.762. The molecule has 1 heterocycles. The molecule has 18 heavy (non-hydrogen) atoms. The van der Waals surface area contributed by atoms with E-state index in [2.05, 4.69) is 0 Å².